The van der Waals surface area contributed by atoms with E-state index in [-0.39, 0.29) is 85.3 Å². The third-order valence-corrected chi connectivity index (χ3v) is 6.83. The minimum Gasteiger partial charge on any atom is -0.0564 e. The van der Waals surface area contributed by atoms with Crippen molar-refractivity contribution in [1.29, 1.82) is 0 Å². The van der Waals surface area contributed by atoms with E-state index in [9.17, 15) is 0 Å². The summed E-state index contributed by atoms with van der Waals surface area (Å²) in [6.07, 6.45) is 0. The first-order chi connectivity index (χ1) is 20.9. The Morgan fingerprint density at radius 2 is 0.180 bits per heavy atom. The van der Waals surface area contributed by atoms with Gasteiger partial charge in [-0.05, 0) is 104 Å². The van der Waals surface area contributed by atoms with Crippen molar-refractivity contribution in [1.82, 2.24) is 0 Å². The van der Waals surface area contributed by atoms with Gasteiger partial charge >= 0.3 is 0 Å². The smallest absolute Gasteiger partial charge is 0 e. The van der Waals surface area contributed by atoms with Crippen molar-refractivity contribution in [3.63, 3.8) is 0 Å². The van der Waals surface area contributed by atoms with E-state index in [1.807, 2.05) is 0 Å². The first-order valence-electron chi connectivity index (χ1n) is 16.2. The second-order valence-corrected chi connectivity index (χ2v) is 13.3. The van der Waals surface area contributed by atoms with Gasteiger partial charge in [-0.1, -0.05) is 174 Å². The summed E-state index contributed by atoms with van der Waals surface area (Å²) >= 11 is 0. The van der Waals surface area contributed by atoms with Crippen LogP contribution >= 0.6 is 0 Å². The largest absolute Gasteiger partial charge is 0.0564 e. The van der Waals surface area contributed by atoms with Gasteiger partial charge in [-0.3, -0.25) is 0 Å². The molecule has 0 N–H and O–H groups in total. The number of rotatable bonds is 0. The molecule has 0 saturated carbocycles. The van der Waals surface area contributed by atoms with Crippen LogP contribution in [0, 0.1) is 104 Å². The van der Waals surface area contributed by atoms with E-state index in [1.165, 1.54) is 83.5 Å². The average molecular weight is 919 g/mol. The molecule has 0 amide bonds. The van der Waals surface area contributed by atoms with Crippen molar-refractivity contribution in [2.45, 2.75) is 104 Å². The van der Waals surface area contributed by atoms with Crippen molar-refractivity contribution >= 4 is 0 Å². The first kappa shape index (κ1) is 58.0. The average Bonchev–Trinajstić information content (AvgIpc) is 2.81. The van der Waals surface area contributed by atoms with Crippen molar-refractivity contribution < 1.29 is 85.3 Å². The van der Waals surface area contributed by atoms with Gasteiger partial charge in [-0.25, -0.2) is 0 Å². The Labute approximate surface area is 360 Å². The van der Waals surface area contributed by atoms with Crippen LogP contribution in [0.5, 0.6) is 0 Å². The number of benzene rings is 5. The Kier molecular flexibility index (Phi) is 35.0. The van der Waals surface area contributed by atoms with E-state index in [0.29, 0.717) is 0 Å². The second kappa shape index (κ2) is 30.2. The zero-order valence-corrected chi connectivity index (χ0v) is 37.4. The standard InChI is InChI=1S/5C9H12.5Cu/c5*1-7-4-8(2)6-9(3)5-7;;;;;/h5*4-6H,1-3H3;;;;;. The van der Waals surface area contributed by atoms with Gasteiger partial charge in [0.05, 0.1) is 0 Å². The van der Waals surface area contributed by atoms with Crippen molar-refractivity contribution in [3.8, 4) is 0 Å². The molecule has 0 spiro atoms. The SMILES string of the molecule is Cc1cc(C)cc(C)c1.Cc1cc(C)cc(C)c1.Cc1cc(C)cc(C)c1.Cc1cc(C)cc(C)c1.Cc1cc(C)cc(C)c1.[Cu].[Cu].[Cu].[Cu].[Cu]. The summed E-state index contributed by atoms with van der Waals surface area (Å²) < 4.78 is 0. The summed E-state index contributed by atoms with van der Waals surface area (Å²) in [6.45, 7) is 31.9. The molecule has 0 aromatic heterocycles. The fourth-order valence-corrected chi connectivity index (χ4v) is 6.01. The predicted octanol–water partition coefficient (Wildman–Crippen LogP) is 13.0. The van der Waals surface area contributed by atoms with E-state index in [0.717, 1.165) is 0 Å². The molecule has 0 nitrogen and oxygen atoms in total. The fraction of sp³-hybridized carbons (Fsp3) is 0.333. The minimum absolute atomic E-state index is 0. The van der Waals surface area contributed by atoms with Crippen LogP contribution in [0.3, 0.4) is 0 Å². The molecular formula is C45H60Cu5. The van der Waals surface area contributed by atoms with Gasteiger partial charge in [-0.15, -0.1) is 0 Å². The molecule has 0 atom stereocenters. The maximum atomic E-state index is 2.19. The van der Waals surface area contributed by atoms with Gasteiger partial charge in [0.1, 0.15) is 0 Å². The van der Waals surface area contributed by atoms with Gasteiger partial charge in [-0.2, -0.15) is 0 Å². The molecule has 0 heterocycles. The zero-order valence-electron chi connectivity index (χ0n) is 32.7. The van der Waals surface area contributed by atoms with E-state index in [4.69, 9.17) is 0 Å². The molecule has 0 aliphatic carbocycles. The summed E-state index contributed by atoms with van der Waals surface area (Å²) in [6, 6.07) is 32.8. The molecule has 0 fully saturated rings. The molecule has 0 aliphatic rings. The van der Waals surface area contributed by atoms with E-state index in [1.54, 1.807) is 0 Å². The Morgan fingerprint density at radius 3 is 0.220 bits per heavy atom. The molecule has 5 aromatic rings. The number of hydrogen-bond donors (Lipinski definition) is 0. The van der Waals surface area contributed by atoms with Gasteiger partial charge in [0.15, 0.2) is 0 Å². The molecular weight excluding hydrogens is 858 g/mol. The summed E-state index contributed by atoms with van der Waals surface area (Å²) in [5, 5.41) is 0. The van der Waals surface area contributed by atoms with Crippen LogP contribution in [0.1, 0.15) is 83.5 Å². The summed E-state index contributed by atoms with van der Waals surface area (Å²) in [5.74, 6) is 0. The predicted molar refractivity (Wildman–Crippen MR) is 203 cm³/mol. The molecule has 5 aromatic carbocycles. The van der Waals surface area contributed by atoms with Crippen LogP contribution in [-0.4, -0.2) is 0 Å². The van der Waals surface area contributed by atoms with Gasteiger partial charge in [0, 0.05) is 85.3 Å². The number of hydrogen-bond acceptors (Lipinski definition) is 0. The van der Waals surface area contributed by atoms with Gasteiger partial charge in [0.25, 0.3) is 0 Å². The molecule has 50 heavy (non-hydrogen) atoms. The van der Waals surface area contributed by atoms with Gasteiger partial charge < -0.3 is 0 Å². The molecule has 5 heteroatoms. The molecule has 0 unspecified atom stereocenters. The normalized spacial score (nSPS) is 8.70. The maximum absolute atomic E-state index is 2.19. The third kappa shape index (κ3) is 28.3. The molecule has 5 rings (SSSR count). The molecule has 0 aliphatic heterocycles. The summed E-state index contributed by atoms with van der Waals surface area (Å²) in [5.41, 5.74) is 20.3. The second-order valence-electron chi connectivity index (χ2n) is 13.3. The van der Waals surface area contributed by atoms with Crippen LogP contribution in [0.4, 0.5) is 0 Å². The van der Waals surface area contributed by atoms with E-state index >= 15 is 0 Å². The van der Waals surface area contributed by atoms with Crippen LogP contribution in [-0.2, 0) is 85.3 Å². The van der Waals surface area contributed by atoms with E-state index < -0.39 is 0 Å². The summed E-state index contributed by atoms with van der Waals surface area (Å²) in [7, 11) is 0. The monoisotopic (exact) mass is 915 g/mol. The van der Waals surface area contributed by atoms with Crippen LogP contribution in [0.25, 0.3) is 0 Å². The van der Waals surface area contributed by atoms with Gasteiger partial charge in [0.2, 0.25) is 0 Å². The fourth-order valence-electron chi connectivity index (χ4n) is 6.01. The minimum atomic E-state index is 0. The third-order valence-electron chi connectivity index (χ3n) is 6.83. The Morgan fingerprint density at radius 1 is 0.140 bits per heavy atom. The van der Waals surface area contributed by atoms with Crippen molar-refractivity contribution in [2.24, 2.45) is 0 Å². The Hall–Kier alpha value is -1.30. The van der Waals surface area contributed by atoms with Crippen LogP contribution in [0.15, 0.2) is 91.0 Å². The molecule has 0 bridgehead atoms. The number of aryl methyl sites for hydroxylation is 15. The summed E-state index contributed by atoms with van der Waals surface area (Å²) in [4.78, 5) is 0. The topological polar surface area (TPSA) is 0 Å². The van der Waals surface area contributed by atoms with Crippen LogP contribution in [0.2, 0.25) is 0 Å². The molecule has 5 radical (unpaired) electrons. The maximum Gasteiger partial charge on any atom is 0 e. The zero-order chi connectivity index (χ0) is 34.3. The van der Waals surface area contributed by atoms with Crippen molar-refractivity contribution in [3.05, 3.63) is 174 Å². The molecule has 0 saturated heterocycles. The van der Waals surface area contributed by atoms with Crippen molar-refractivity contribution in [2.75, 3.05) is 0 Å². The first-order valence-corrected chi connectivity index (χ1v) is 16.2. The Bertz CT molecular complexity index is 1110. The quantitative estimate of drug-likeness (QED) is 0.136. The van der Waals surface area contributed by atoms with E-state index in [2.05, 4.69) is 195 Å². The molecule has 295 valence electrons. The van der Waals surface area contributed by atoms with Crippen LogP contribution < -0.4 is 0 Å². The Balaban J connectivity index is -0.000000165.